The molecule has 0 unspecified atom stereocenters. The van der Waals surface area contributed by atoms with E-state index in [2.05, 4.69) is 33.2 Å². The lowest BCUT2D eigenvalue weighted by molar-refractivity contribution is -0.118. The van der Waals surface area contributed by atoms with Crippen LogP contribution < -0.4 is 24.8 Å². The van der Waals surface area contributed by atoms with Gasteiger partial charge >= 0.3 is 0 Å². The number of para-hydroxylation sites is 1. The van der Waals surface area contributed by atoms with Gasteiger partial charge in [-0.1, -0.05) is 18.2 Å². The molecule has 0 aliphatic rings. The molecule has 2 amide bonds. The van der Waals surface area contributed by atoms with E-state index in [1.807, 2.05) is 44.2 Å². The van der Waals surface area contributed by atoms with Crippen molar-refractivity contribution in [3.05, 3.63) is 80.9 Å². The van der Waals surface area contributed by atoms with Crippen LogP contribution in [-0.2, 0) is 9.59 Å². The van der Waals surface area contributed by atoms with E-state index >= 15 is 0 Å². The zero-order valence-electron chi connectivity index (χ0n) is 20.6. The first-order chi connectivity index (χ1) is 17.8. The second kappa shape index (κ2) is 13.3. The van der Waals surface area contributed by atoms with Crippen molar-refractivity contribution >= 4 is 51.9 Å². The molecule has 3 aromatic rings. The maximum absolute atomic E-state index is 12.7. The van der Waals surface area contributed by atoms with Crippen LogP contribution in [0.1, 0.15) is 18.1 Å². The number of nitrogens with one attached hydrogen (secondary N) is 2. The van der Waals surface area contributed by atoms with Crippen LogP contribution >= 0.6 is 22.6 Å². The molecule has 0 spiro atoms. The average Bonchev–Trinajstić information content (AvgIpc) is 2.88. The van der Waals surface area contributed by atoms with Gasteiger partial charge in [0.1, 0.15) is 17.4 Å². The minimum atomic E-state index is -0.547. The molecule has 0 radical (unpaired) electrons. The number of nitriles is 1. The molecule has 0 saturated heterocycles. The first kappa shape index (κ1) is 27.5. The van der Waals surface area contributed by atoms with E-state index in [-0.39, 0.29) is 18.1 Å². The Morgan fingerprint density at radius 1 is 1.05 bits per heavy atom. The second-order valence-corrected chi connectivity index (χ2v) is 8.93. The maximum atomic E-state index is 12.7. The van der Waals surface area contributed by atoms with E-state index in [9.17, 15) is 14.9 Å². The average molecular weight is 611 g/mol. The van der Waals surface area contributed by atoms with Crippen molar-refractivity contribution in [1.29, 1.82) is 5.26 Å². The molecule has 0 heterocycles. The zero-order chi connectivity index (χ0) is 26.8. The van der Waals surface area contributed by atoms with Gasteiger partial charge in [-0.2, -0.15) is 5.26 Å². The summed E-state index contributed by atoms with van der Waals surface area (Å²) in [6, 6.07) is 19.6. The molecule has 3 aromatic carbocycles. The molecular formula is C28H26IN3O5. The lowest BCUT2D eigenvalue weighted by Gasteiger charge is -2.15. The van der Waals surface area contributed by atoms with Crippen LogP contribution in [-0.4, -0.2) is 32.1 Å². The fourth-order valence-corrected chi connectivity index (χ4v) is 4.08. The largest absolute Gasteiger partial charge is 0.497 e. The number of anilines is 2. The van der Waals surface area contributed by atoms with E-state index in [4.69, 9.17) is 14.2 Å². The Bertz CT molecular complexity index is 1350. The second-order valence-electron chi connectivity index (χ2n) is 7.77. The van der Waals surface area contributed by atoms with Gasteiger partial charge in [0.2, 0.25) is 0 Å². The van der Waals surface area contributed by atoms with Crippen LogP contribution in [0.15, 0.2) is 66.2 Å². The quantitative estimate of drug-likeness (QED) is 0.176. The van der Waals surface area contributed by atoms with Crippen LogP contribution in [0.5, 0.6) is 17.2 Å². The van der Waals surface area contributed by atoms with Crippen molar-refractivity contribution in [3.63, 3.8) is 0 Å². The van der Waals surface area contributed by atoms with E-state index < -0.39 is 5.91 Å². The number of hydrogen-bond acceptors (Lipinski definition) is 6. The monoisotopic (exact) mass is 611 g/mol. The normalized spacial score (nSPS) is 10.7. The Labute approximate surface area is 229 Å². The molecule has 0 aromatic heterocycles. The molecule has 9 heteroatoms. The topological polar surface area (TPSA) is 110 Å². The number of hydrogen-bond donors (Lipinski definition) is 2. The van der Waals surface area contributed by atoms with Crippen LogP contribution in [0.3, 0.4) is 0 Å². The summed E-state index contributed by atoms with van der Waals surface area (Å²) >= 11 is 2.07. The van der Waals surface area contributed by atoms with Crippen LogP contribution in [0, 0.1) is 21.8 Å². The van der Waals surface area contributed by atoms with Crippen molar-refractivity contribution in [2.24, 2.45) is 0 Å². The third kappa shape index (κ3) is 7.72. The summed E-state index contributed by atoms with van der Waals surface area (Å²) < 4.78 is 17.3. The van der Waals surface area contributed by atoms with Crippen molar-refractivity contribution in [1.82, 2.24) is 0 Å². The number of halogens is 1. The van der Waals surface area contributed by atoms with Crippen LogP contribution in [0.4, 0.5) is 11.4 Å². The lowest BCUT2D eigenvalue weighted by Crippen LogP contribution is -2.21. The number of nitrogens with zero attached hydrogens (tertiary/aromatic N) is 1. The molecule has 0 bridgehead atoms. The summed E-state index contributed by atoms with van der Waals surface area (Å²) in [6.45, 7) is 3.88. The van der Waals surface area contributed by atoms with E-state index in [0.717, 1.165) is 5.56 Å². The van der Waals surface area contributed by atoms with Crippen LogP contribution in [0.2, 0.25) is 0 Å². The number of benzene rings is 3. The van der Waals surface area contributed by atoms with Gasteiger partial charge in [-0.05, 0) is 96.1 Å². The molecule has 3 rings (SSSR count). The SMILES string of the molecule is CCOc1cc(/C=C(/C#N)C(=O)Nc2ccc(OC)cc2)cc(I)c1OCC(=O)Nc1ccccc1C. The highest BCUT2D eigenvalue weighted by Gasteiger charge is 2.16. The fraction of sp³-hybridized carbons (Fsp3) is 0.179. The van der Waals surface area contributed by atoms with Crippen LogP contribution in [0.25, 0.3) is 6.08 Å². The zero-order valence-corrected chi connectivity index (χ0v) is 22.8. The van der Waals surface area contributed by atoms with Crippen molar-refractivity contribution < 1.29 is 23.8 Å². The Balaban J connectivity index is 1.76. The molecule has 0 atom stereocenters. The number of carbonyl (C=O) groups excluding carboxylic acids is 2. The summed E-state index contributed by atoms with van der Waals surface area (Å²) in [5.74, 6) is 0.604. The van der Waals surface area contributed by atoms with Gasteiger partial charge in [-0.3, -0.25) is 9.59 Å². The number of aryl methyl sites for hydroxylation is 1. The minimum Gasteiger partial charge on any atom is -0.497 e. The highest BCUT2D eigenvalue weighted by molar-refractivity contribution is 14.1. The Morgan fingerprint density at radius 3 is 2.43 bits per heavy atom. The van der Waals surface area contributed by atoms with Gasteiger partial charge < -0.3 is 24.8 Å². The molecule has 37 heavy (non-hydrogen) atoms. The molecule has 190 valence electrons. The molecule has 0 aliphatic heterocycles. The predicted octanol–water partition coefficient (Wildman–Crippen LogP) is 5.57. The molecular weight excluding hydrogens is 585 g/mol. The summed E-state index contributed by atoms with van der Waals surface area (Å²) in [6.07, 6.45) is 1.47. The van der Waals surface area contributed by atoms with Gasteiger partial charge in [0.25, 0.3) is 11.8 Å². The summed E-state index contributed by atoms with van der Waals surface area (Å²) in [7, 11) is 1.55. The molecule has 2 N–H and O–H groups in total. The van der Waals surface area contributed by atoms with Crippen molar-refractivity contribution in [3.8, 4) is 23.3 Å². The molecule has 0 aliphatic carbocycles. The minimum absolute atomic E-state index is 0.0830. The van der Waals surface area contributed by atoms with Gasteiger partial charge in [0.05, 0.1) is 17.3 Å². The van der Waals surface area contributed by atoms with Gasteiger partial charge in [0.15, 0.2) is 18.1 Å². The first-order valence-corrected chi connectivity index (χ1v) is 12.4. The maximum Gasteiger partial charge on any atom is 0.266 e. The molecule has 8 nitrogen and oxygen atoms in total. The van der Waals surface area contributed by atoms with Gasteiger partial charge in [-0.15, -0.1) is 0 Å². The smallest absolute Gasteiger partial charge is 0.266 e. The van der Waals surface area contributed by atoms with Crippen molar-refractivity contribution in [2.45, 2.75) is 13.8 Å². The Hall–Kier alpha value is -4.04. The molecule has 0 saturated carbocycles. The number of methoxy groups -OCH3 is 1. The number of rotatable bonds is 10. The van der Waals surface area contributed by atoms with E-state index in [1.165, 1.54) is 6.08 Å². The highest BCUT2D eigenvalue weighted by Crippen LogP contribution is 2.35. The highest BCUT2D eigenvalue weighted by atomic mass is 127. The summed E-state index contributed by atoms with van der Waals surface area (Å²) in [5, 5.41) is 15.1. The first-order valence-electron chi connectivity index (χ1n) is 11.4. The lowest BCUT2D eigenvalue weighted by atomic mass is 10.1. The van der Waals surface area contributed by atoms with E-state index in [0.29, 0.717) is 44.4 Å². The Kier molecular flexibility index (Phi) is 9.92. The van der Waals surface area contributed by atoms with Gasteiger partial charge in [0, 0.05) is 11.4 Å². The van der Waals surface area contributed by atoms with E-state index in [1.54, 1.807) is 43.5 Å². The number of amides is 2. The predicted molar refractivity (Wildman–Crippen MR) is 151 cm³/mol. The number of ether oxygens (including phenoxy) is 3. The van der Waals surface area contributed by atoms with Crippen molar-refractivity contribution in [2.75, 3.05) is 31.0 Å². The Morgan fingerprint density at radius 2 is 1.78 bits per heavy atom. The third-order valence-corrected chi connectivity index (χ3v) is 5.92. The summed E-state index contributed by atoms with van der Waals surface area (Å²) in [4.78, 5) is 25.1. The standard InChI is InChI=1S/C28H26IN3O5/c1-4-36-25-15-19(13-20(16-30)28(34)31-21-9-11-22(35-3)12-10-21)14-23(29)27(25)37-17-26(33)32-24-8-6-5-7-18(24)2/h5-15H,4,17H2,1-3H3,(H,31,34)(H,32,33)/b20-13-. The van der Waals surface area contributed by atoms with Gasteiger partial charge in [-0.25, -0.2) is 0 Å². The molecule has 0 fully saturated rings. The fourth-order valence-electron chi connectivity index (χ4n) is 3.30. The third-order valence-electron chi connectivity index (χ3n) is 5.12. The number of carbonyl (C=O) groups is 2. The summed E-state index contributed by atoms with van der Waals surface area (Å²) in [5.41, 5.74) is 2.68.